The zero-order valence-electron chi connectivity index (χ0n) is 13.3. The summed E-state index contributed by atoms with van der Waals surface area (Å²) in [5.41, 5.74) is 2.82. The Morgan fingerprint density at radius 1 is 0.917 bits per heavy atom. The van der Waals surface area contributed by atoms with E-state index < -0.39 is 0 Å². The first kappa shape index (κ1) is 17.0. The number of benzene rings is 2. The molecule has 3 N–H and O–H groups in total. The maximum Gasteiger partial charge on any atom is 0.226 e. The molecule has 6 heteroatoms. The summed E-state index contributed by atoms with van der Waals surface area (Å²) in [5.74, 6) is -0.246. The molecule has 0 spiro atoms. The monoisotopic (exact) mass is 322 g/mol. The molecule has 0 fully saturated rings. The van der Waals surface area contributed by atoms with Gasteiger partial charge in [0.1, 0.15) is 0 Å². The topological polar surface area (TPSA) is 94.0 Å². The summed E-state index contributed by atoms with van der Waals surface area (Å²) in [7, 11) is 0. The van der Waals surface area contributed by atoms with Crippen LogP contribution in [0, 0.1) is 11.3 Å². The van der Waals surface area contributed by atoms with Crippen LogP contribution in [0.5, 0.6) is 0 Å². The predicted octanol–water partition coefficient (Wildman–Crippen LogP) is 2.96. The van der Waals surface area contributed by atoms with Gasteiger partial charge in [0.15, 0.2) is 0 Å². The predicted molar refractivity (Wildman–Crippen MR) is 93.6 cm³/mol. The number of nitrogens with one attached hydrogen (secondary N) is 3. The summed E-state index contributed by atoms with van der Waals surface area (Å²) >= 11 is 0. The van der Waals surface area contributed by atoms with Crippen molar-refractivity contribution in [2.24, 2.45) is 0 Å². The van der Waals surface area contributed by atoms with E-state index in [4.69, 9.17) is 5.26 Å². The first-order valence-electron chi connectivity index (χ1n) is 7.48. The molecule has 2 aromatic carbocycles. The largest absolute Gasteiger partial charge is 0.385 e. The van der Waals surface area contributed by atoms with Gasteiger partial charge < -0.3 is 16.0 Å². The minimum absolute atomic E-state index is 0.108. The standard InChI is InChI=1S/C18H18N4O2/c1-13(23)21-16-6-8-17(9-7-16)22-18(24)10-11-20-15-4-2-14(12-19)3-5-15/h2-9,20H,10-11H2,1H3,(H,21,23)(H,22,24). The Labute approximate surface area is 140 Å². The number of amides is 2. The quantitative estimate of drug-likeness (QED) is 0.762. The zero-order valence-corrected chi connectivity index (χ0v) is 13.3. The summed E-state index contributed by atoms with van der Waals surface area (Å²) in [6.07, 6.45) is 0.313. The van der Waals surface area contributed by atoms with E-state index in [2.05, 4.69) is 22.0 Å². The van der Waals surface area contributed by atoms with Crippen LogP contribution >= 0.6 is 0 Å². The highest BCUT2D eigenvalue weighted by molar-refractivity contribution is 5.92. The first-order chi connectivity index (χ1) is 11.6. The fourth-order valence-corrected chi connectivity index (χ4v) is 2.05. The Hall–Kier alpha value is -3.33. The second-order valence-corrected chi connectivity index (χ2v) is 5.17. The molecule has 0 aliphatic carbocycles. The highest BCUT2D eigenvalue weighted by atomic mass is 16.2. The molecule has 0 saturated heterocycles. The lowest BCUT2D eigenvalue weighted by Crippen LogP contribution is -2.16. The van der Waals surface area contributed by atoms with Crippen LogP contribution in [0.4, 0.5) is 17.1 Å². The molecule has 2 rings (SSSR count). The molecule has 0 aliphatic rings. The Bertz CT molecular complexity index is 746. The second kappa shape index (κ2) is 8.34. The minimum atomic E-state index is -0.138. The van der Waals surface area contributed by atoms with Crippen LogP contribution in [0.15, 0.2) is 48.5 Å². The molecule has 0 radical (unpaired) electrons. The van der Waals surface area contributed by atoms with E-state index in [0.717, 1.165) is 5.69 Å². The lowest BCUT2D eigenvalue weighted by Gasteiger charge is -2.08. The maximum absolute atomic E-state index is 11.9. The highest BCUT2D eigenvalue weighted by Crippen LogP contribution is 2.14. The average molecular weight is 322 g/mol. The number of carbonyl (C=O) groups excluding carboxylic acids is 2. The molecule has 2 aromatic rings. The molecular formula is C18H18N4O2. The van der Waals surface area contributed by atoms with Crippen molar-refractivity contribution in [1.29, 1.82) is 5.26 Å². The molecule has 0 atom stereocenters. The van der Waals surface area contributed by atoms with Gasteiger partial charge >= 0.3 is 0 Å². The van der Waals surface area contributed by atoms with Gasteiger partial charge in [-0.2, -0.15) is 5.26 Å². The third-order valence-corrected chi connectivity index (χ3v) is 3.18. The maximum atomic E-state index is 11.9. The number of hydrogen-bond donors (Lipinski definition) is 3. The minimum Gasteiger partial charge on any atom is -0.385 e. The Kier molecular flexibility index (Phi) is 5.92. The fourth-order valence-electron chi connectivity index (χ4n) is 2.05. The molecule has 122 valence electrons. The van der Waals surface area contributed by atoms with Gasteiger partial charge in [-0.3, -0.25) is 9.59 Å². The van der Waals surface area contributed by atoms with E-state index >= 15 is 0 Å². The molecule has 0 unspecified atom stereocenters. The number of anilines is 3. The molecule has 0 aromatic heterocycles. The van der Waals surface area contributed by atoms with Gasteiger partial charge in [0.25, 0.3) is 0 Å². The summed E-state index contributed by atoms with van der Waals surface area (Å²) in [6.45, 7) is 1.93. The second-order valence-electron chi connectivity index (χ2n) is 5.17. The summed E-state index contributed by atoms with van der Waals surface area (Å²) < 4.78 is 0. The van der Waals surface area contributed by atoms with Crippen molar-refractivity contribution in [3.05, 3.63) is 54.1 Å². The molecular weight excluding hydrogens is 304 g/mol. The average Bonchev–Trinajstić information content (AvgIpc) is 2.57. The van der Waals surface area contributed by atoms with Gasteiger partial charge in [-0.05, 0) is 48.5 Å². The van der Waals surface area contributed by atoms with Crippen LogP contribution in [-0.2, 0) is 9.59 Å². The van der Waals surface area contributed by atoms with Crippen LogP contribution in [0.25, 0.3) is 0 Å². The van der Waals surface area contributed by atoms with E-state index in [1.807, 2.05) is 0 Å². The van der Waals surface area contributed by atoms with Gasteiger partial charge in [0.2, 0.25) is 11.8 Å². The van der Waals surface area contributed by atoms with Crippen molar-refractivity contribution in [2.75, 3.05) is 22.5 Å². The van der Waals surface area contributed by atoms with E-state index in [0.29, 0.717) is 29.9 Å². The molecule has 6 nitrogen and oxygen atoms in total. The van der Waals surface area contributed by atoms with Gasteiger partial charge in [-0.15, -0.1) is 0 Å². The molecule has 0 saturated carbocycles. The van der Waals surface area contributed by atoms with Crippen molar-refractivity contribution in [1.82, 2.24) is 0 Å². The van der Waals surface area contributed by atoms with Crippen LogP contribution in [0.2, 0.25) is 0 Å². The summed E-state index contributed by atoms with van der Waals surface area (Å²) in [5, 5.41) is 17.3. The van der Waals surface area contributed by atoms with E-state index in [1.165, 1.54) is 6.92 Å². The SMILES string of the molecule is CC(=O)Nc1ccc(NC(=O)CCNc2ccc(C#N)cc2)cc1. The highest BCUT2D eigenvalue weighted by Gasteiger charge is 2.03. The smallest absolute Gasteiger partial charge is 0.226 e. The Balaban J connectivity index is 1.76. The van der Waals surface area contributed by atoms with Crippen LogP contribution in [0.3, 0.4) is 0 Å². The normalized spacial score (nSPS) is 9.67. The molecule has 2 amide bonds. The van der Waals surface area contributed by atoms with E-state index in [9.17, 15) is 9.59 Å². The van der Waals surface area contributed by atoms with Crippen molar-refractivity contribution in [3.8, 4) is 6.07 Å². The van der Waals surface area contributed by atoms with Gasteiger partial charge in [-0.1, -0.05) is 0 Å². The van der Waals surface area contributed by atoms with Crippen LogP contribution in [0.1, 0.15) is 18.9 Å². The zero-order chi connectivity index (χ0) is 17.4. The number of nitriles is 1. The summed E-state index contributed by atoms with van der Waals surface area (Å²) in [6, 6.07) is 16.0. The lowest BCUT2D eigenvalue weighted by atomic mass is 10.2. The Morgan fingerprint density at radius 3 is 2.00 bits per heavy atom. The molecule has 24 heavy (non-hydrogen) atoms. The van der Waals surface area contributed by atoms with Crippen molar-refractivity contribution >= 4 is 28.9 Å². The number of nitrogens with zero attached hydrogens (tertiary/aromatic N) is 1. The third-order valence-electron chi connectivity index (χ3n) is 3.18. The van der Waals surface area contributed by atoms with Crippen LogP contribution < -0.4 is 16.0 Å². The first-order valence-corrected chi connectivity index (χ1v) is 7.48. The number of rotatable bonds is 6. The number of hydrogen-bond acceptors (Lipinski definition) is 4. The lowest BCUT2D eigenvalue weighted by molar-refractivity contribution is -0.116. The van der Waals surface area contributed by atoms with Crippen LogP contribution in [-0.4, -0.2) is 18.4 Å². The molecule has 0 aliphatic heterocycles. The molecule has 0 bridgehead atoms. The van der Waals surface area contributed by atoms with Crippen molar-refractivity contribution in [2.45, 2.75) is 13.3 Å². The van der Waals surface area contributed by atoms with Crippen molar-refractivity contribution in [3.63, 3.8) is 0 Å². The molecule has 0 heterocycles. The number of carbonyl (C=O) groups is 2. The van der Waals surface area contributed by atoms with E-state index in [1.54, 1.807) is 48.5 Å². The van der Waals surface area contributed by atoms with E-state index in [-0.39, 0.29) is 11.8 Å². The third kappa shape index (κ3) is 5.46. The van der Waals surface area contributed by atoms with Crippen molar-refractivity contribution < 1.29 is 9.59 Å². The summed E-state index contributed by atoms with van der Waals surface area (Å²) in [4.78, 5) is 22.8. The van der Waals surface area contributed by atoms with Gasteiger partial charge in [0, 0.05) is 37.0 Å². The Morgan fingerprint density at radius 2 is 1.46 bits per heavy atom. The van der Waals surface area contributed by atoms with Gasteiger partial charge in [0.05, 0.1) is 11.6 Å². The van der Waals surface area contributed by atoms with Gasteiger partial charge in [-0.25, -0.2) is 0 Å². The fraction of sp³-hybridized carbons (Fsp3) is 0.167.